The molecular formula is C10H20O5. The summed E-state index contributed by atoms with van der Waals surface area (Å²) in [5.41, 5.74) is 0. The van der Waals surface area contributed by atoms with Crippen LogP contribution in [0.2, 0.25) is 0 Å². The van der Waals surface area contributed by atoms with Crippen molar-refractivity contribution >= 4 is 0 Å². The van der Waals surface area contributed by atoms with Gasteiger partial charge in [-0.3, -0.25) is 0 Å². The van der Waals surface area contributed by atoms with Gasteiger partial charge in [0.1, 0.15) is 6.10 Å². The van der Waals surface area contributed by atoms with Gasteiger partial charge in [0.25, 0.3) is 0 Å². The molecule has 0 aromatic heterocycles. The second-order valence-electron chi connectivity index (χ2n) is 4.35. The van der Waals surface area contributed by atoms with Crippen molar-refractivity contribution in [1.82, 2.24) is 0 Å². The molecule has 90 valence electrons. The van der Waals surface area contributed by atoms with Crippen LogP contribution in [-0.4, -0.2) is 48.2 Å². The van der Waals surface area contributed by atoms with E-state index in [1.807, 2.05) is 0 Å². The summed E-state index contributed by atoms with van der Waals surface area (Å²) in [4.78, 5) is 0. The van der Waals surface area contributed by atoms with Crippen molar-refractivity contribution < 1.29 is 24.4 Å². The average molecular weight is 220 g/mol. The summed E-state index contributed by atoms with van der Waals surface area (Å²) in [7, 11) is 1.50. The van der Waals surface area contributed by atoms with E-state index in [0.717, 1.165) is 0 Å². The van der Waals surface area contributed by atoms with Crippen molar-refractivity contribution in [2.24, 2.45) is 5.92 Å². The van der Waals surface area contributed by atoms with Gasteiger partial charge >= 0.3 is 0 Å². The maximum atomic E-state index is 9.91. The van der Waals surface area contributed by atoms with Gasteiger partial charge in [0, 0.05) is 19.6 Å². The zero-order valence-electron chi connectivity index (χ0n) is 9.64. The molecule has 1 rings (SSSR count). The molecule has 1 aliphatic heterocycles. The van der Waals surface area contributed by atoms with E-state index in [1.54, 1.807) is 20.8 Å². The van der Waals surface area contributed by atoms with Gasteiger partial charge in [-0.25, -0.2) is 0 Å². The van der Waals surface area contributed by atoms with Crippen molar-refractivity contribution in [3.63, 3.8) is 0 Å². The molecule has 1 aliphatic rings. The van der Waals surface area contributed by atoms with Crippen molar-refractivity contribution in [3.05, 3.63) is 0 Å². The van der Waals surface area contributed by atoms with Crippen LogP contribution in [0, 0.1) is 5.92 Å². The smallest absolute Gasteiger partial charge is 0.189 e. The number of hydrogen-bond donors (Lipinski definition) is 2. The summed E-state index contributed by atoms with van der Waals surface area (Å²) in [6.07, 6.45) is -1.96. The van der Waals surface area contributed by atoms with Gasteiger partial charge in [-0.05, 0) is 13.8 Å². The van der Waals surface area contributed by atoms with Gasteiger partial charge in [-0.1, -0.05) is 6.92 Å². The lowest BCUT2D eigenvalue weighted by molar-refractivity contribution is -0.183. The second kappa shape index (κ2) is 4.76. The van der Waals surface area contributed by atoms with Gasteiger partial charge in [0.2, 0.25) is 0 Å². The van der Waals surface area contributed by atoms with Gasteiger partial charge in [0.05, 0.1) is 6.10 Å². The minimum atomic E-state index is -0.804. The zero-order valence-corrected chi connectivity index (χ0v) is 9.64. The van der Waals surface area contributed by atoms with Gasteiger partial charge in [0.15, 0.2) is 12.1 Å². The minimum absolute atomic E-state index is 0.0993. The lowest BCUT2D eigenvalue weighted by Crippen LogP contribution is -2.41. The van der Waals surface area contributed by atoms with E-state index in [2.05, 4.69) is 0 Å². The first-order chi connectivity index (χ1) is 6.91. The van der Waals surface area contributed by atoms with E-state index < -0.39 is 24.3 Å². The minimum Gasteiger partial charge on any atom is -0.396 e. The third-order valence-corrected chi connectivity index (χ3v) is 2.53. The molecule has 0 radical (unpaired) electrons. The van der Waals surface area contributed by atoms with E-state index in [1.165, 1.54) is 7.11 Å². The van der Waals surface area contributed by atoms with Crippen LogP contribution in [0.4, 0.5) is 0 Å². The molecular weight excluding hydrogens is 200 g/mol. The van der Waals surface area contributed by atoms with Crippen LogP contribution in [0.15, 0.2) is 0 Å². The zero-order chi connectivity index (χ0) is 11.6. The Labute approximate surface area is 89.9 Å². The molecule has 4 unspecified atom stereocenters. The van der Waals surface area contributed by atoms with Crippen molar-refractivity contribution in [2.75, 3.05) is 13.7 Å². The van der Waals surface area contributed by atoms with Crippen LogP contribution in [0.3, 0.4) is 0 Å². The lowest BCUT2D eigenvalue weighted by atomic mass is 10.0. The predicted molar refractivity (Wildman–Crippen MR) is 53.1 cm³/mol. The topological polar surface area (TPSA) is 68.2 Å². The summed E-state index contributed by atoms with van der Waals surface area (Å²) in [6, 6.07) is 0. The monoisotopic (exact) mass is 220 g/mol. The molecule has 0 aliphatic carbocycles. The Balaban J connectivity index is 2.68. The van der Waals surface area contributed by atoms with E-state index in [9.17, 15) is 5.11 Å². The summed E-state index contributed by atoms with van der Waals surface area (Å²) < 4.78 is 16.1. The number of aliphatic hydroxyl groups is 2. The largest absolute Gasteiger partial charge is 0.396 e. The Kier molecular flexibility index (Phi) is 4.08. The van der Waals surface area contributed by atoms with Crippen molar-refractivity contribution in [3.8, 4) is 0 Å². The third kappa shape index (κ3) is 2.89. The maximum absolute atomic E-state index is 9.91. The molecule has 5 nitrogen and oxygen atoms in total. The second-order valence-corrected chi connectivity index (χ2v) is 4.35. The van der Waals surface area contributed by atoms with Gasteiger partial charge in [-0.2, -0.15) is 0 Å². The molecule has 15 heavy (non-hydrogen) atoms. The summed E-state index contributed by atoms with van der Waals surface area (Å²) >= 11 is 0. The lowest BCUT2D eigenvalue weighted by Gasteiger charge is -2.25. The number of aliphatic hydroxyl groups excluding tert-OH is 2. The fourth-order valence-electron chi connectivity index (χ4n) is 1.60. The SMILES string of the molecule is COC1OC(C)(C)OC1C(O)C(C)CO. The predicted octanol–water partition coefficient (Wildman–Crippen LogP) is 0.0997. The molecule has 1 saturated heterocycles. The molecule has 0 amide bonds. The van der Waals surface area contributed by atoms with E-state index >= 15 is 0 Å². The fourth-order valence-corrected chi connectivity index (χ4v) is 1.60. The van der Waals surface area contributed by atoms with Crippen LogP contribution in [0.5, 0.6) is 0 Å². The molecule has 0 bridgehead atoms. The first-order valence-electron chi connectivity index (χ1n) is 5.08. The highest BCUT2D eigenvalue weighted by atomic mass is 16.8. The quantitative estimate of drug-likeness (QED) is 0.703. The molecule has 4 atom stereocenters. The normalized spacial score (nSPS) is 34.0. The van der Waals surface area contributed by atoms with Crippen LogP contribution in [0.1, 0.15) is 20.8 Å². The summed E-state index contributed by atoms with van der Waals surface area (Å²) in [5.74, 6) is -1.04. The van der Waals surface area contributed by atoms with E-state index in [-0.39, 0.29) is 12.5 Å². The van der Waals surface area contributed by atoms with E-state index in [0.29, 0.717) is 0 Å². The van der Waals surface area contributed by atoms with Crippen molar-refractivity contribution in [2.45, 2.75) is 45.1 Å². The molecule has 0 aromatic carbocycles. The summed E-state index contributed by atoms with van der Waals surface area (Å²) in [5, 5.41) is 18.9. The average Bonchev–Trinajstić information content (AvgIpc) is 2.51. The number of hydrogen-bond acceptors (Lipinski definition) is 5. The van der Waals surface area contributed by atoms with Crippen LogP contribution >= 0.6 is 0 Å². The Morgan fingerprint density at radius 2 is 2.00 bits per heavy atom. The molecule has 5 heteroatoms. The summed E-state index contributed by atoms with van der Waals surface area (Å²) in [6.45, 7) is 5.16. The fraction of sp³-hybridized carbons (Fsp3) is 1.00. The first-order valence-corrected chi connectivity index (χ1v) is 5.08. The molecule has 0 saturated carbocycles. The Morgan fingerprint density at radius 1 is 1.40 bits per heavy atom. The van der Waals surface area contributed by atoms with E-state index in [4.69, 9.17) is 19.3 Å². The Hall–Kier alpha value is -0.200. The third-order valence-electron chi connectivity index (χ3n) is 2.53. The van der Waals surface area contributed by atoms with Crippen LogP contribution in [-0.2, 0) is 14.2 Å². The first kappa shape index (κ1) is 12.9. The van der Waals surface area contributed by atoms with Gasteiger partial charge < -0.3 is 24.4 Å². The Morgan fingerprint density at radius 3 is 2.47 bits per heavy atom. The van der Waals surface area contributed by atoms with Gasteiger partial charge in [-0.15, -0.1) is 0 Å². The molecule has 2 N–H and O–H groups in total. The van der Waals surface area contributed by atoms with Crippen molar-refractivity contribution in [1.29, 1.82) is 0 Å². The molecule has 0 spiro atoms. The highest BCUT2D eigenvalue weighted by molar-refractivity contribution is 4.84. The number of methoxy groups -OCH3 is 1. The Bertz CT molecular complexity index is 206. The molecule has 1 heterocycles. The molecule has 1 fully saturated rings. The highest BCUT2D eigenvalue weighted by Gasteiger charge is 2.46. The standard InChI is InChI=1S/C10H20O5/c1-6(5-11)7(12)8-9(13-4)15-10(2,3)14-8/h6-9,11-12H,5H2,1-4H3. The number of ether oxygens (including phenoxy) is 3. The highest BCUT2D eigenvalue weighted by Crippen LogP contribution is 2.31. The van der Waals surface area contributed by atoms with Crippen LogP contribution < -0.4 is 0 Å². The van der Waals surface area contributed by atoms with Crippen LogP contribution in [0.25, 0.3) is 0 Å². The maximum Gasteiger partial charge on any atom is 0.189 e. The number of rotatable bonds is 4. The molecule has 0 aromatic rings.